The van der Waals surface area contributed by atoms with E-state index >= 15 is 0 Å². The molecule has 1 heterocycles. The molecule has 0 bridgehead atoms. The lowest BCUT2D eigenvalue weighted by molar-refractivity contribution is 0.391. The number of ether oxygens (including phenoxy) is 1. The molecule has 3 aromatic rings. The Balaban J connectivity index is 1.81. The monoisotopic (exact) mass is 357 g/mol. The second-order valence-electron chi connectivity index (χ2n) is 4.99. The third-order valence-electron chi connectivity index (χ3n) is 3.53. The van der Waals surface area contributed by atoms with E-state index < -0.39 is 0 Å². The molecule has 0 atom stereocenters. The first-order chi connectivity index (χ1) is 10.8. The highest BCUT2D eigenvalue weighted by molar-refractivity contribution is 9.08. The predicted octanol–water partition coefficient (Wildman–Crippen LogP) is 4.84. The van der Waals surface area contributed by atoms with Gasteiger partial charge in [-0.2, -0.15) is 0 Å². The van der Waals surface area contributed by atoms with Crippen molar-refractivity contribution < 1.29 is 9.26 Å². The van der Waals surface area contributed by atoms with E-state index in [1.54, 1.807) is 7.11 Å². The van der Waals surface area contributed by atoms with E-state index in [1.165, 1.54) is 5.56 Å². The van der Waals surface area contributed by atoms with Crippen molar-refractivity contribution in [2.75, 3.05) is 7.11 Å². The molecule has 2 aromatic carbocycles. The summed E-state index contributed by atoms with van der Waals surface area (Å²) in [5.74, 6) is 1.71. The summed E-state index contributed by atoms with van der Waals surface area (Å²) in [5, 5.41) is 5.00. The van der Waals surface area contributed by atoms with Crippen molar-refractivity contribution in [3.8, 4) is 17.0 Å². The molecule has 0 saturated heterocycles. The minimum Gasteiger partial charge on any atom is -0.497 e. The maximum Gasteiger partial charge on any atom is 0.141 e. The van der Waals surface area contributed by atoms with Crippen LogP contribution in [-0.2, 0) is 11.8 Å². The van der Waals surface area contributed by atoms with Gasteiger partial charge in [-0.05, 0) is 23.3 Å². The second-order valence-corrected chi connectivity index (χ2v) is 5.55. The van der Waals surface area contributed by atoms with Crippen LogP contribution in [0, 0.1) is 0 Å². The molecular weight excluding hydrogens is 342 g/mol. The first-order valence-electron chi connectivity index (χ1n) is 7.03. The van der Waals surface area contributed by atoms with Crippen LogP contribution in [0.25, 0.3) is 11.3 Å². The van der Waals surface area contributed by atoms with Gasteiger partial charge in [0.05, 0.1) is 7.11 Å². The molecule has 0 radical (unpaired) electrons. The SMILES string of the molecule is COc1ccc(Cc2cc(-c3ccccc3CBr)no2)cc1. The topological polar surface area (TPSA) is 35.3 Å². The minimum atomic E-state index is 0.716. The molecule has 112 valence electrons. The molecule has 3 rings (SSSR count). The summed E-state index contributed by atoms with van der Waals surface area (Å²) in [6, 6.07) is 18.2. The van der Waals surface area contributed by atoms with Crippen LogP contribution in [0.3, 0.4) is 0 Å². The summed E-state index contributed by atoms with van der Waals surface area (Å²) in [5.41, 5.74) is 4.34. The van der Waals surface area contributed by atoms with E-state index in [2.05, 4.69) is 33.2 Å². The molecule has 0 aliphatic carbocycles. The first-order valence-corrected chi connectivity index (χ1v) is 8.15. The van der Waals surface area contributed by atoms with Crippen LogP contribution < -0.4 is 4.74 Å². The number of benzene rings is 2. The fourth-order valence-corrected chi connectivity index (χ4v) is 2.84. The van der Waals surface area contributed by atoms with Crippen LogP contribution >= 0.6 is 15.9 Å². The van der Waals surface area contributed by atoms with Gasteiger partial charge in [-0.25, -0.2) is 0 Å². The Kier molecular flexibility index (Phi) is 4.59. The van der Waals surface area contributed by atoms with Crippen molar-refractivity contribution in [2.45, 2.75) is 11.8 Å². The van der Waals surface area contributed by atoms with Crippen molar-refractivity contribution >= 4 is 15.9 Å². The van der Waals surface area contributed by atoms with E-state index in [0.717, 1.165) is 33.7 Å². The molecule has 22 heavy (non-hydrogen) atoms. The third-order valence-corrected chi connectivity index (χ3v) is 4.14. The Morgan fingerprint density at radius 1 is 1.09 bits per heavy atom. The van der Waals surface area contributed by atoms with Gasteiger partial charge in [0.1, 0.15) is 17.2 Å². The first kappa shape index (κ1) is 14.9. The zero-order valence-corrected chi connectivity index (χ0v) is 13.8. The average molecular weight is 358 g/mol. The molecule has 0 saturated carbocycles. The lowest BCUT2D eigenvalue weighted by Gasteiger charge is -2.02. The van der Waals surface area contributed by atoms with Crippen molar-refractivity contribution in [3.05, 3.63) is 71.5 Å². The van der Waals surface area contributed by atoms with Gasteiger partial charge in [0.2, 0.25) is 0 Å². The quantitative estimate of drug-likeness (QED) is 0.613. The van der Waals surface area contributed by atoms with Gasteiger partial charge in [-0.15, -0.1) is 0 Å². The predicted molar refractivity (Wildman–Crippen MR) is 90.4 cm³/mol. The third kappa shape index (κ3) is 3.22. The Labute approximate surface area is 138 Å². The smallest absolute Gasteiger partial charge is 0.141 e. The average Bonchev–Trinajstić information content (AvgIpc) is 3.04. The maximum absolute atomic E-state index is 5.48. The molecule has 1 aromatic heterocycles. The molecule has 0 spiro atoms. The molecule has 0 fully saturated rings. The Bertz CT molecular complexity index is 750. The molecule has 4 heteroatoms. The number of methoxy groups -OCH3 is 1. The van der Waals surface area contributed by atoms with Gasteiger partial charge in [0.15, 0.2) is 0 Å². The van der Waals surface area contributed by atoms with Crippen molar-refractivity contribution in [2.24, 2.45) is 0 Å². The van der Waals surface area contributed by atoms with Crippen LogP contribution in [0.2, 0.25) is 0 Å². The summed E-state index contributed by atoms with van der Waals surface area (Å²) < 4.78 is 10.6. The van der Waals surface area contributed by atoms with Crippen LogP contribution in [0.1, 0.15) is 16.9 Å². The number of alkyl halides is 1. The number of halogens is 1. The van der Waals surface area contributed by atoms with Crippen LogP contribution in [0.4, 0.5) is 0 Å². The normalized spacial score (nSPS) is 10.6. The standard InChI is InChI=1S/C18H16BrNO2/c1-21-15-8-6-13(7-9-15)10-16-11-18(20-22-16)17-5-3-2-4-14(17)12-19/h2-9,11H,10,12H2,1H3. The summed E-state index contributed by atoms with van der Waals surface area (Å²) in [6.07, 6.45) is 0.716. The fraction of sp³-hybridized carbons (Fsp3) is 0.167. The molecule has 0 aliphatic rings. The molecule has 0 aliphatic heterocycles. The largest absolute Gasteiger partial charge is 0.497 e. The Morgan fingerprint density at radius 3 is 2.59 bits per heavy atom. The van der Waals surface area contributed by atoms with E-state index in [9.17, 15) is 0 Å². The van der Waals surface area contributed by atoms with Crippen LogP contribution in [-0.4, -0.2) is 12.3 Å². The molecule has 0 unspecified atom stereocenters. The number of aromatic nitrogens is 1. The van der Waals surface area contributed by atoms with E-state index in [0.29, 0.717) is 6.42 Å². The van der Waals surface area contributed by atoms with Gasteiger partial charge in [-0.1, -0.05) is 57.5 Å². The highest BCUT2D eigenvalue weighted by Gasteiger charge is 2.10. The highest BCUT2D eigenvalue weighted by atomic mass is 79.9. The van der Waals surface area contributed by atoms with Crippen LogP contribution in [0.15, 0.2) is 59.1 Å². The lowest BCUT2D eigenvalue weighted by atomic mass is 10.0. The number of hydrogen-bond donors (Lipinski definition) is 0. The molecular formula is C18H16BrNO2. The molecule has 3 nitrogen and oxygen atoms in total. The fourth-order valence-electron chi connectivity index (χ4n) is 2.35. The van der Waals surface area contributed by atoms with Gasteiger partial charge >= 0.3 is 0 Å². The summed E-state index contributed by atoms with van der Waals surface area (Å²) in [4.78, 5) is 0. The van der Waals surface area contributed by atoms with Crippen LogP contribution in [0.5, 0.6) is 5.75 Å². The Morgan fingerprint density at radius 2 is 1.86 bits per heavy atom. The number of hydrogen-bond acceptors (Lipinski definition) is 3. The van der Waals surface area contributed by atoms with E-state index in [4.69, 9.17) is 9.26 Å². The summed E-state index contributed by atoms with van der Waals surface area (Å²) in [7, 11) is 1.67. The zero-order chi connectivity index (χ0) is 15.4. The van der Waals surface area contributed by atoms with Crippen molar-refractivity contribution in [1.29, 1.82) is 0 Å². The highest BCUT2D eigenvalue weighted by Crippen LogP contribution is 2.26. The van der Waals surface area contributed by atoms with Gasteiger partial charge in [0.25, 0.3) is 0 Å². The number of rotatable bonds is 5. The van der Waals surface area contributed by atoms with Crippen molar-refractivity contribution in [1.82, 2.24) is 5.16 Å². The summed E-state index contributed by atoms with van der Waals surface area (Å²) >= 11 is 3.51. The molecule has 0 amide bonds. The second kappa shape index (κ2) is 6.79. The zero-order valence-electron chi connectivity index (χ0n) is 12.3. The summed E-state index contributed by atoms with van der Waals surface area (Å²) in [6.45, 7) is 0. The van der Waals surface area contributed by atoms with Gasteiger partial charge in [0, 0.05) is 23.4 Å². The van der Waals surface area contributed by atoms with Gasteiger partial charge in [-0.3, -0.25) is 0 Å². The van der Waals surface area contributed by atoms with Crippen molar-refractivity contribution in [3.63, 3.8) is 0 Å². The Hall–Kier alpha value is -2.07. The van der Waals surface area contributed by atoms with E-state index in [-0.39, 0.29) is 0 Å². The van der Waals surface area contributed by atoms with E-state index in [1.807, 2.05) is 42.5 Å². The minimum absolute atomic E-state index is 0.716. The van der Waals surface area contributed by atoms with Gasteiger partial charge < -0.3 is 9.26 Å². The number of nitrogens with zero attached hydrogens (tertiary/aromatic N) is 1. The molecule has 0 N–H and O–H groups in total. The maximum atomic E-state index is 5.48. The lowest BCUT2D eigenvalue weighted by Crippen LogP contribution is -1.87.